The fraction of sp³-hybridized carbons (Fsp3) is 0.333. The van der Waals surface area contributed by atoms with E-state index < -0.39 is 5.41 Å². The Kier molecular flexibility index (Phi) is 6.82. The van der Waals surface area contributed by atoms with Crippen LogP contribution in [-0.4, -0.2) is 26.0 Å². The number of hydrogen-bond donors (Lipinski definition) is 2. The van der Waals surface area contributed by atoms with Gasteiger partial charge >= 0.3 is 0 Å². The first kappa shape index (κ1) is 20.3. The number of benzene rings is 2. The highest BCUT2D eigenvalue weighted by atomic mass is 16.5. The average Bonchev–Trinajstić information content (AvgIpc) is 2.70. The van der Waals surface area contributed by atoms with E-state index in [1.165, 1.54) is 0 Å². The summed E-state index contributed by atoms with van der Waals surface area (Å²) in [5.74, 6) is 0.850. The monoisotopic (exact) mass is 370 g/mol. The molecule has 0 fully saturated rings. The van der Waals surface area contributed by atoms with Gasteiger partial charge in [-0.1, -0.05) is 24.3 Å². The van der Waals surface area contributed by atoms with Crippen LogP contribution in [0.1, 0.15) is 25.0 Å². The van der Waals surface area contributed by atoms with E-state index in [9.17, 15) is 9.59 Å². The number of hydrogen-bond acceptors (Lipinski definition) is 4. The zero-order valence-electron chi connectivity index (χ0n) is 16.2. The van der Waals surface area contributed by atoms with Crippen LogP contribution < -0.4 is 20.1 Å². The second-order valence-corrected chi connectivity index (χ2v) is 6.69. The summed E-state index contributed by atoms with van der Waals surface area (Å²) in [6.45, 7) is 3.91. The predicted octanol–water partition coefficient (Wildman–Crippen LogP) is 2.66. The Hall–Kier alpha value is -3.02. The number of carbonyl (C=O) groups excluding carboxylic acids is 2. The van der Waals surface area contributed by atoms with Crippen molar-refractivity contribution in [3.05, 3.63) is 59.7 Å². The molecule has 27 heavy (non-hydrogen) atoms. The molecule has 0 unspecified atom stereocenters. The molecule has 0 aliphatic rings. The zero-order chi connectivity index (χ0) is 19.9. The lowest BCUT2D eigenvalue weighted by molar-refractivity contribution is -0.141. The third-order valence-electron chi connectivity index (χ3n) is 4.36. The van der Waals surface area contributed by atoms with Crippen molar-refractivity contribution < 1.29 is 19.1 Å². The van der Waals surface area contributed by atoms with E-state index in [1.54, 1.807) is 28.1 Å². The molecular weight excluding hydrogens is 344 g/mol. The third-order valence-corrected chi connectivity index (χ3v) is 4.36. The Morgan fingerprint density at radius 2 is 1.07 bits per heavy atom. The molecule has 0 spiro atoms. The maximum atomic E-state index is 12.5. The minimum absolute atomic E-state index is 0.328. The van der Waals surface area contributed by atoms with Gasteiger partial charge < -0.3 is 20.1 Å². The standard InChI is InChI=1S/C21H26N2O4/c1-21(2,19(24)22-13-15-5-9-17(26-3)10-6-15)20(25)23-14-16-7-11-18(27-4)12-8-16/h5-12H,13-14H2,1-4H3,(H,22,24)(H,23,25). The van der Waals surface area contributed by atoms with Crippen LogP contribution >= 0.6 is 0 Å². The summed E-state index contributed by atoms with van der Waals surface area (Å²) in [6.07, 6.45) is 0. The van der Waals surface area contributed by atoms with Gasteiger partial charge in [0.2, 0.25) is 11.8 Å². The van der Waals surface area contributed by atoms with Gasteiger partial charge in [-0.05, 0) is 49.2 Å². The maximum Gasteiger partial charge on any atom is 0.235 e. The molecule has 2 N–H and O–H groups in total. The topological polar surface area (TPSA) is 76.7 Å². The summed E-state index contributed by atoms with van der Waals surface area (Å²) < 4.78 is 10.2. The maximum absolute atomic E-state index is 12.5. The van der Waals surface area contributed by atoms with E-state index in [0.717, 1.165) is 22.6 Å². The fourth-order valence-electron chi connectivity index (χ4n) is 2.40. The molecule has 0 saturated heterocycles. The molecule has 0 aromatic heterocycles. The number of rotatable bonds is 8. The minimum Gasteiger partial charge on any atom is -0.497 e. The molecule has 0 radical (unpaired) electrons. The van der Waals surface area contributed by atoms with Crippen molar-refractivity contribution in [3.63, 3.8) is 0 Å². The minimum atomic E-state index is -1.18. The molecular formula is C21H26N2O4. The van der Waals surface area contributed by atoms with Crippen LogP contribution in [0, 0.1) is 5.41 Å². The molecule has 144 valence electrons. The van der Waals surface area contributed by atoms with Gasteiger partial charge in [-0.15, -0.1) is 0 Å². The third kappa shape index (κ3) is 5.48. The molecule has 6 heteroatoms. The van der Waals surface area contributed by atoms with Crippen molar-refractivity contribution in [1.29, 1.82) is 0 Å². The molecule has 2 rings (SSSR count). The molecule has 0 aliphatic carbocycles. The Balaban J connectivity index is 1.87. The van der Waals surface area contributed by atoms with Gasteiger partial charge in [-0.3, -0.25) is 9.59 Å². The lowest BCUT2D eigenvalue weighted by Gasteiger charge is -2.23. The Morgan fingerprint density at radius 1 is 0.741 bits per heavy atom. The van der Waals surface area contributed by atoms with E-state index in [-0.39, 0.29) is 11.8 Å². The molecule has 0 aliphatic heterocycles. The fourth-order valence-corrected chi connectivity index (χ4v) is 2.40. The molecule has 6 nitrogen and oxygen atoms in total. The summed E-state index contributed by atoms with van der Waals surface area (Å²) in [5, 5.41) is 5.63. The van der Waals surface area contributed by atoms with Crippen LogP contribution in [0.3, 0.4) is 0 Å². The summed E-state index contributed by atoms with van der Waals surface area (Å²) >= 11 is 0. The molecule has 0 saturated carbocycles. The largest absolute Gasteiger partial charge is 0.497 e. The number of amides is 2. The van der Waals surface area contributed by atoms with Crippen molar-refractivity contribution in [1.82, 2.24) is 10.6 Å². The normalized spacial score (nSPS) is 10.8. The molecule has 2 aromatic carbocycles. The Labute approximate surface area is 159 Å². The highest BCUT2D eigenvalue weighted by Crippen LogP contribution is 2.17. The first-order valence-corrected chi connectivity index (χ1v) is 8.69. The van der Waals surface area contributed by atoms with E-state index in [0.29, 0.717) is 13.1 Å². The lowest BCUT2D eigenvalue weighted by Crippen LogP contribution is -2.47. The molecule has 2 amide bonds. The van der Waals surface area contributed by atoms with Gasteiger partial charge in [0.05, 0.1) is 14.2 Å². The van der Waals surface area contributed by atoms with Crippen molar-refractivity contribution >= 4 is 11.8 Å². The van der Waals surface area contributed by atoms with Crippen LogP contribution in [0.25, 0.3) is 0 Å². The first-order chi connectivity index (χ1) is 12.9. The van der Waals surface area contributed by atoms with E-state index in [2.05, 4.69) is 10.6 Å². The van der Waals surface area contributed by atoms with Gasteiger partial charge in [0.15, 0.2) is 0 Å². The van der Waals surface area contributed by atoms with Gasteiger partial charge in [0, 0.05) is 13.1 Å². The molecule has 0 bridgehead atoms. The number of ether oxygens (including phenoxy) is 2. The van der Waals surface area contributed by atoms with Crippen molar-refractivity contribution in [3.8, 4) is 11.5 Å². The van der Waals surface area contributed by atoms with Gasteiger partial charge in [0.1, 0.15) is 16.9 Å². The second kappa shape index (κ2) is 9.07. The second-order valence-electron chi connectivity index (χ2n) is 6.69. The number of carbonyl (C=O) groups is 2. The number of nitrogens with one attached hydrogen (secondary N) is 2. The molecule has 2 aromatic rings. The van der Waals surface area contributed by atoms with Crippen LogP contribution in [0.5, 0.6) is 11.5 Å². The van der Waals surface area contributed by atoms with Gasteiger partial charge in [0.25, 0.3) is 0 Å². The van der Waals surface area contributed by atoms with Gasteiger partial charge in [-0.25, -0.2) is 0 Å². The highest BCUT2D eigenvalue weighted by Gasteiger charge is 2.35. The summed E-state index contributed by atoms with van der Waals surface area (Å²) in [4.78, 5) is 25.0. The highest BCUT2D eigenvalue weighted by molar-refractivity contribution is 6.04. The van der Waals surface area contributed by atoms with E-state index in [4.69, 9.17) is 9.47 Å². The van der Waals surface area contributed by atoms with Crippen LogP contribution in [-0.2, 0) is 22.7 Å². The summed E-state index contributed by atoms with van der Waals surface area (Å²) in [6, 6.07) is 14.8. The zero-order valence-corrected chi connectivity index (χ0v) is 16.2. The van der Waals surface area contributed by atoms with Crippen molar-refractivity contribution in [2.24, 2.45) is 5.41 Å². The smallest absolute Gasteiger partial charge is 0.235 e. The van der Waals surface area contributed by atoms with E-state index in [1.807, 2.05) is 48.5 Å². The Morgan fingerprint density at radius 3 is 1.37 bits per heavy atom. The lowest BCUT2D eigenvalue weighted by atomic mass is 9.91. The molecule has 0 atom stereocenters. The van der Waals surface area contributed by atoms with Crippen LogP contribution in [0.4, 0.5) is 0 Å². The van der Waals surface area contributed by atoms with E-state index >= 15 is 0 Å². The van der Waals surface area contributed by atoms with Crippen LogP contribution in [0.15, 0.2) is 48.5 Å². The van der Waals surface area contributed by atoms with Crippen LogP contribution in [0.2, 0.25) is 0 Å². The first-order valence-electron chi connectivity index (χ1n) is 8.69. The SMILES string of the molecule is COc1ccc(CNC(=O)C(C)(C)C(=O)NCc2ccc(OC)cc2)cc1. The van der Waals surface area contributed by atoms with Gasteiger partial charge in [-0.2, -0.15) is 0 Å². The average molecular weight is 370 g/mol. The van der Waals surface area contributed by atoms with Crippen molar-refractivity contribution in [2.75, 3.05) is 14.2 Å². The molecule has 0 heterocycles. The summed E-state index contributed by atoms with van der Waals surface area (Å²) in [7, 11) is 3.20. The van der Waals surface area contributed by atoms with Crippen molar-refractivity contribution in [2.45, 2.75) is 26.9 Å². The predicted molar refractivity (Wildman–Crippen MR) is 103 cm³/mol. The quantitative estimate of drug-likeness (QED) is 0.701. The Bertz CT molecular complexity index is 702. The summed E-state index contributed by atoms with van der Waals surface area (Å²) in [5.41, 5.74) is 0.677. The number of methoxy groups -OCH3 is 2.